The Kier molecular flexibility index (Phi) is 5.22. The van der Waals surface area contributed by atoms with E-state index >= 15 is 0 Å². The van der Waals surface area contributed by atoms with Crippen LogP contribution < -0.4 is 11.1 Å². The van der Waals surface area contributed by atoms with Gasteiger partial charge in [-0.1, -0.05) is 66.7 Å². The van der Waals surface area contributed by atoms with E-state index in [-0.39, 0.29) is 0 Å². The van der Waals surface area contributed by atoms with Gasteiger partial charge in [0.2, 0.25) is 0 Å². The van der Waals surface area contributed by atoms with Crippen molar-refractivity contribution in [1.82, 2.24) is 9.13 Å². The van der Waals surface area contributed by atoms with Crippen molar-refractivity contribution in [3.63, 3.8) is 0 Å². The number of nitrogens with zero attached hydrogens (tertiary/aromatic N) is 2. The van der Waals surface area contributed by atoms with Gasteiger partial charge in [0.15, 0.2) is 0 Å². The highest BCUT2D eigenvalue weighted by Gasteiger charge is 2.20. The van der Waals surface area contributed by atoms with Gasteiger partial charge in [0, 0.05) is 42.0 Å². The zero-order valence-electron chi connectivity index (χ0n) is 23.1. The normalized spacial score (nSPS) is 11.9. The number of para-hydroxylation sites is 2. The molecule has 0 saturated heterocycles. The first-order chi connectivity index (χ1) is 21.6. The molecular formula is C38H21FN2O2S. The Bertz CT molecular complexity index is 2760. The number of hydrogen-bond donors (Lipinski definition) is 0. The van der Waals surface area contributed by atoms with E-state index < -0.39 is 16.9 Å². The molecule has 6 aromatic carbocycles. The highest BCUT2D eigenvalue weighted by Crippen LogP contribution is 2.40. The molecule has 9 aromatic rings. The van der Waals surface area contributed by atoms with Crippen LogP contribution in [-0.2, 0) is 0 Å². The van der Waals surface area contributed by atoms with Crippen molar-refractivity contribution in [2.45, 2.75) is 0 Å². The second kappa shape index (κ2) is 9.20. The fourth-order valence-electron chi connectivity index (χ4n) is 6.64. The highest BCUT2D eigenvalue weighted by atomic mass is 32.1. The number of thiophene rings is 1. The van der Waals surface area contributed by atoms with Crippen molar-refractivity contribution in [1.29, 1.82) is 0 Å². The number of fused-ring (bicyclic) bond motifs is 10. The maximum absolute atomic E-state index is 14.6. The average Bonchev–Trinajstić information content (AvgIpc) is 3.57. The van der Waals surface area contributed by atoms with Gasteiger partial charge in [-0.3, -0.25) is 9.59 Å². The molecule has 0 bridgehead atoms. The first kappa shape index (κ1) is 25.0. The predicted molar refractivity (Wildman–Crippen MR) is 181 cm³/mol. The van der Waals surface area contributed by atoms with Gasteiger partial charge >= 0.3 is 0 Å². The molecule has 0 atom stereocenters. The number of rotatable bonds is 2. The van der Waals surface area contributed by atoms with E-state index in [4.69, 9.17) is 0 Å². The summed E-state index contributed by atoms with van der Waals surface area (Å²) in [5.41, 5.74) is 2.42. The molecule has 0 fully saturated rings. The van der Waals surface area contributed by atoms with Gasteiger partial charge in [0.1, 0.15) is 5.82 Å². The van der Waals surface area contributed by atoms with Crippen LogP contribution in [0, 0.1) is 5.82 Å². The summed E-state index contributed by atoms with van der Waals surface area (Å²) in [6.07, 6.45) is 0. The Morgan fingerprint density at radius 2 is 1.16 bits per heavy atom. The largest absolute Gasteiger partial charge is 0.309 e. The Morgan fingerprint density at radius 1 is 0.477 bits per heavy atom. The van der Waals surface area contributed by atoms with Gasteiger partial charge in [-0.05, 0) is 71.4 Å². The molecule has 3 aromatic heterocycles. The van der Waals surface area contributed by atoms with Crippen LogP contribution >= 0.6 is 11.3 Å². The minimum absolute atomic E-state index is 0.324. The van der Waals surface area contributed by atoms with E-state index in [1.54, 1.807) is 11.3 Å². The van der Waals surface area contributed by atoms with E-state index in [2.05, 4.69) is 47.0 Å². The molecule has 44 heavy (non-hydrogen) atoms. The molecule has 3 heterocycles. The molecule has 0 unspecified atom stereocenters. The zero-order chi connectivity index (χ0) is 29.5. The summed E-state index contributed by atoms with van der Waals surface area (Å²) in [7, 11) is 0. The third kappa shape index (κ3) is 3.43. The van der Waals surface area contributed by atoms with Crippen LogP contribution in [0.2, 0.25) is 0 Å². The molecular weight excluding hydrogens is 567 g/mol. The molecule has 6 heteroatoms. The van der Waals surface area contributed by atoms with E-state index in [0.29, 0.717) is 27.2 Å². The van der Waals surface area contributed by atoms with Crippen LogP contribution in [0.5, 0.6) is 0 Å². The Hall–Kier alpha value is -5.59. The topological polar surface area (TPSA) is 44.0 Å². The molecule has 0 N–H and O–H groups in total. The second-order valence-corrected chi connectivity index (χ2v) is 12.0. The minimum atomic E-state index is -0.444. The monoisotopic (exact) mass is 588 g/mol. The zero-order valence-corrected chi connectivity index (χ0v) is 23.9. The summed E-state index contributed by atoms with van der Waals surface area (Å²) in [4.78, 5) is 29.2. The van der Waals surface area contributed by atoms with Crippen LogP contribution in [-0.4, -0.2) is 9.13 Å². The summed E-state index contributed by atoms with van der Waals surface area (Å²) in [6, 6.07) is 39.9. The molecule has 208 valence electrons. The molecule has 0 spiro atoms. The third-order valence-electron chi connectivity index (χ3n) is 8.60. The van der Waals surface area contributed by atoms with Gasteiger partial charge in [0.25, 0.3) is 11.1 Å². The molecule has 0 aliphatic heterocycles. The van der Waals surface area contributed by atoms with Crippen molar-refractivity contribution in [2.24, 2.45) is 0 Å². The van der Waals surface area contributed by atoms with Gasteiger partial charge < -0.3 is 4.57 Å². The minimum Gasteiger partial charge on any atom is -0.309 e. The Morgan fingerprint density at radius 3 is 1.98 bits per heavy atom. The summed E-state index contributed by atoms with van der Waals surface area (Å²) >= 11 is 1.55. The lowest BCUT2D eigenvalue weighted by Crippen LogP contribution is -2.28. The van der Waals surface area contributed by atoms with E-state index in [0.717, 1.165) is 47.7 Å². The van der Waals surface area contributed by atoms with Crippen molar-refractivity contribution in [3.05, 3.63) is 154 Å². The number of aromatic nitrogens is 2. The van der Waals surface area contributed by atoms with E-state index in [9.17, 15) is 14.0 Å². The van der Waals surface area contributed by atoms with Gasteiger partial charge in [-0.25, -0.2) is 8.96 Å². The molecule has 0 aliphatic carbocycles. The summed E-state index contributed by atoms with van der Waals surface area (Å²) in [5.74, 6) is -0.438. The first-order valence-electron chi connectivity index (χ1n) is 14.3. The molecule has 0 radical (unpaired) electrons. The van der Waals surface area contributed by atoms with Crippen LogP contribution in [0.15, 0.2) is 137 Å². The van der Waals surface area contributed by atoms with Crippen molar-refractivity contribution >= 4 is 74.9 Å². The molecule has 0 amide bonds. The van der Waals surface area contributed by atoms with Crippen molar-refractivity contribution < 1.29 is 4.39 Å². The lowest BCUT2D eigenvalue weighted by molar-refractivity contribution is 0.627. The lowest BCUT2D eigenvalue weighted by Gasteiger charge is -2.08. The van der Waals surface area contributed by atoms with E-state index in [1.807, 2.05) is 60.7 Å². The fourth-order valence-corrected chi connectivity index (χ4v) is 7.89. The highest BCUT2D eigenvalue weighted by molar-refractivity contribution is 7.26. The quantitative estimate of drug-likeness (QED) is 0.202. The number of hydrogen-bond acceptors (Lipinski definition) is 3. The maximum Gasteiger partial charge on any atom is 0.267 e. The van der Waals surface area contributed by atoms with Crippen LogP contribution in [0.3, 0.4) is 0 Å². The van der Waals surface area contributed by atoms with Crippen LogP contribution in [0.4, 0.5) is 4.39 Å². The SMILES string of the molecule is O=c1c2cc3c4ccccc4n(-c4ccccc4)c3cc2c2ccc3c4ccccc4sc3c2c(=O)n1-c1ccc(F)cc1. The second-order valence-electron chi connectivity index (χ2n) is 11.0. The predicted octanol–water partition coefficient (Wildman–Crippen LogP) is 9.11. The van der Waals surface area contributed by atoms with Crippen LogP contribution in [0.1, 0.15) is 0 Å². The molecule has 0 saturated carbocycles. The number of benzene rings is 6. The first-order valence-corrected chi connectivity index (χ1v) is 15.1. The average molecular weight is 589 g/mol. The summed E-state index contributed by atoms with van der Waals surface area (Å²) in [6.45, 7) is 0. The van der Waals surface area contributed by atoms with Crippen molar-refractivity contribution in [2.75, 3.05) is 0 Å². The van der Waals surface area contributed by atoms with Gasteiger partial charge in [0.05, 0.1) is 22.1 Å². The Labute approximate surface area is 253 Å². The summed E-state index contributed by atoms with van der Waals surface area (Å²) < 4.78 is 19.3. The molecule has 0 aliphatic rings. The van der Waals surface area contributed by atoms with Gasteiger partial charge in [-0.2, -0.15) is 0 Å². The standard InChI is InChI=1S/C38H21FN2O2S/c39-22-14-16-24(17-15-22)41-37(42)31-20-30-25-10-4-6-12-32(25)40(23-8-2-1-3-9-23)33(30)21-29(31)27-18-19-28-26-11-5-7-13-34(26)44-36(28)35(27)38(41)43/h1-21H. The third-order valence-corrected chi connectivity index (χ3v) is 9.80. The van der Waals surface area contributed by atoms with Crippen molar-refractivity contribution in [3.8, 4) is 11.4 Å². The van der Waals surface area contributed by atoms with Gasteiger partial charge in [-0.15, -0.1) is 11.3 Å². The number of halogens is 1. The summed E-state index contributed by atoms with van der Waals surface area (Å²) in [5, 5.41) is 6.23. The van der Waals surface area contributed by atoms with E-state index in [1.165, 1.54) is 28.8 Å². The Balaban J connectivity index is 1.56. The maximum atomic E-state index is 14.6. The fraction of sp³-hybridized carbons (Fsp3) is 0. The molecule has 4 nitrogen and oxygen atoms in total. The molecule has 9 rings (SSSR count). The lowest BCUT2D eigenvalue weighted by atomic mass is 10.0. The smallest absolute Gasteiger partial charge is 0.267 e. The van der Waals surface area contributed by atoms with Crippen LogP contribution in [0.25, 0.3) is 74.9 Å².